The normalized spacial score (nSPS) is 19.7. The van der Waals surface area contributed by atoms with Crippen LogP contribution in [0.1, 0.15) is 41.6 Å². The van der Waals surface area contributed by atoms with Crippen molar-refractivity contribution in [1.82, 2.24) is 4.98 Å². The van der Waals surface area contributed by atoms with E-state index in [-0.39, 0.29) is 5.92 Å². The van der Waals surface area contributed by atoms with E-state index in [1.54, 1.807) is 24.5 Å². The van der Waals surface area contributed by atoms with Gasteiger partial charge in [0.15, 0.2) is 0 Å². The lowest BCUT2D eigenvalue weighted by molar-refractivity contribution is -0.112. The van der Waals surface area contributed by atoms with E-state index in [4.69, 9.17) is 10.5 Å². The van der Waals surface area contributed by atoms with Gasteiger partial charge < -0.3 is 15.3 Å². The van der Waals surface area contributed by atoms with E-state index >= 15 is 0 Å². The number of ether oxygens (including phenoxy) is 1. The van der Waals surface area contributed by atoms with E-state index in [0.29, 0.717) is 17.2 Å². The van der Waals surface area contributed by atoms with Gasteiger partial charge in [0, 0.05) is 35.0 Å². The molecule has 1 aliphatic rings. The van der Waals surface area contributed by atoms with E-state index < -0.39 is 5.91 Å². The fraction of sp³-hybridized carbons (Fsp3) is 0.350. The molecule has 0 radical (unpaired) electrons. The topological polar surface area (TPSA) is 82.3 Å². The van der Waals surface area contributed by atoms with Gasteiger partial charge in [-0.1, -0.05) is 11.8 Å². The van der Waals surface area contributed by atoms with Gasteiger partial charge in [0.05, 0.1) is 18.2 Å². The maximum absolute atomic E-state index is 11.7. The van der Waals surface area contributed by atoms with Gasteiger partial charge in [-0.15, -0.1) is 0 Å². The number of pyridine rings is 1. The number of carbonyl (C=O) groups is 2. The van der Waals surface area contributed by atoms with Crippen molar-refractivity contribution < 1.29 is 14.3 Å². The molecule has 1 aromatic heterocycles. The summed E-state index contributed by atoms with van der Waals surface area (Å²) in [6, 6.07) is 3.47. The zero-order valence-electron chi connectivity index (χ0n) is 14.1. The van der Waals surface area contributed by atoms with Crippen molar-refractivity contribution in [2.75, 3.05) is 7.11 Å². The molecule has 1 saturated carbocycles. The van der Waals surface area contributed by atoms with Gasteiger partial charge >= 0.3 is 0 Å². The highest BCUT2D eigenvalue weighted by Crippen LogP contribution is 2.29. The number of nitrogens with zero attached hydrogens (tertiary/aromatic N) is 1. The van der Waals surface area contributed by atoms with Crippen molar-refractivity contribution in [3.8, 4) is 17.6 Å². The van der Waals surface area contributed by atoms with E-state index in [0.717, 1.165) is 48.3 Å². The predicted octanol–water partition coefficient (Wildman–Crippen LogP) is 2.70. The summed E-state index contributed by atoms with van der Waals surface area (Å²) >= 11 is 0. The molecule has 0 aliphatic heterocycles. The second kappa shape index (κ2) is 7.35. The number of nitrogens with two attached hydrogens (primary N) is 1. The SMILES string of the molecule is COc1cc2cncc(C#CC3CCC(C=O)CC3)c2cc1C(N)=O. The Kier molecular flexibility index (Phi) is 4.99. The van der Waals surface area contributed by atoms with Crippen LogP contribution >= 0.6 is 0 Å². The first kappa shape index (κ1) is 17.0. The number of amides is 1. The number of rotatable bonds is 3. The Morgan fingerprint density at radius 3 is 2.68 bits per heavy atom. The van der Waals surface area contributed by atoms with Crippen molar-refractivity contribution in [2.24, 2.45) is 17.6 Å². The maximum atomic E-state index is 11.7. The lowest BCUT2D eigenvalue weighted by Crippen LogP contribution is -2.14. The molecule has 0 unspecified atom stereocenters. The van der Waals surface area contributed by atoms with Gasteiger partial charge in [-0.05, 0) is 37.8 Å². The van der Waals surface area contributed by atoms with Crippen molar-refractivity contribution >= 4 is 23.0 Å². The van der Waals surface area contributed by atoms with Crippen LogP contribution in [-0.4, -0.2) is 24.3 Å². The third-order valence-corrected chi connectivity index (χ3v) is 4.72. The van der Waals surface area contributed by atoms with Gasteiger partial charge in [0.1, 0.15) is 12.0 Å². The largest absolute Gasteiger partial charge is 0.496 e. The first-order valence-electron chi connectivity index (χ1n) is 8.34. The highest BCUT2D eigenvalue weighted by atomic mass is 16.5. The summed E-state index contributed by atoms with van der Waals surface area (Å²) in [7, 11) is 1.50. The van der Waals surface area contributed by atoms with E-state index in [9.17, 15) is 9.59 Å². The highest BCUT2D eigenvalue weighted by molar-refractivity contribution is 6.01. The van der Waals surface area contributed by atoms with Crippen LogP contribution in [0.15, 0.2) is 24.5 Å². The first-order chi connectivity index (χ1) is 12.1. The molecule has 0 saturated heterocycles. The Morgan fingerprint density at radius 1 is 1.28 bits per heavy atom. The van der Waals surface area contributed by atoms with Gasteiger partial charge in [-0.3, -0.25) is 9.78 Å². The molecular formula is C20H20N2O3. The number of methoxy groups -OCH3 is 1. The minimum Gasteiger partial charge on any atom is -0.496 e. The van der Waals surface area contributed by atoms with Gasteiger partial charge in [-0.25, -0.2) is 0 Å². The molecule has 3 rings (SSSR count). The number of hydrogen-bond acceptors (Lipinski definition) is 4. The quantitative estimate of drug-likeness (QED) is 0.690. The number of primary amides is 1. The third-order valence-electron chi connectivity index (χ3n) is 4.72. The van der Waals surface area contributed by atoms with Crippen LogP contribution in [-0.2, 0) is 4.79 Å². The van der Waals surface area contributed by atoms with Crippen LogP contribution in [0, 0.1) is 23.7 Å². The number of hydrogen-bond donors (Lipinski definition) is 1. The molecule has 128 valence electrons. The molecule has 1 fully saturated rings. The first-order valence-corrected chi connectivity index (χ1v) is 8.34. The molecule has 1 heterocycles. The van der Waals surface area contributed by atoms with Crippen molar-refractivity contribution in [2.45, 2.75) is 25.7 Å². The minimum atomic E-state index is -0.540. The van der Waals surface area contributed by atoms with Gasteiger partial charge in [0.2, 0.25) is 0 Å². The molecule has 5 nitrogen and oxygen atoms in total. The summed E-state index contributed by atoms with van der Waals surface area (Å²) in [5, 5.41) is 1.68. The van der Waals surface area contributed by atoms with E-state index in [2.05, 4.69) is 16.8 Å². The molecule has 0 spiro atoms. The van der Waals surface area contributed by atoms with Crippen LogP contribution in [0.5, 0.6) is 5.75 Å². The maximum Gasteiger partial charge on any atom is 0.252 e. The van der Waals surface area contributed by atoms with Gasteiger partial charge in [-0.2, -0.15) is 0 Å². The van der Waals surface area contributed by atoms with Gasteiger partial charge in [0.25, 0.3) is 5.91 Å². The summed E-state index contributed by atoms with van der Waals surface area (Å²) in [6.45, 7) is 0. The number of aldehydes is 1. The van der Waals surface area contributed by atoms with Crippen LogP contribution in [0.2, 0.25) is 0 Å². The standard InChI is InChI=1S/C20H20N2O3/c1-25-19-8-16-11-22-10-15(17(16)9-18(19)20(21)24)7-6-13-2-4-14(12-23)5-3-13/h8-14H,2-5H2,1H3,(H2,21,24). The third kappa shape index (κ3) is 3.63. The molecule has 2 aromatic rings. The van der Waals surface area contributed by atoms with Crippen LogP contribution in [0.25, 0.3) is 10.8 Å². The second-order valence-electron chi connectivity index (χ2n) is 6.34. The smallest absolute Gasteiger partial charge is 0.252 e. The predicted molar refractivity (Wildman–Crippen MR) is 95.2 cm³/mol. The molecule has 1 amide bonds. The molecule has 1 aromatic carbocycles. The lowest BCUT2D eigenvalue weighted by Gasteiger charge is -2.21. The summed E-state index contributed by atoms with van der Waals surface area (Å²) in [6.07, 6.45) is 8.15. The Bertz CT molecular complexity index is 872. The minimum absolute atomic E-state index is 0.183. The fourth-order valence-corrected chi connectivity index (χ4v) is 3.24. The Labute approximate surface area is 146 Å². The molecule has 1 aliphatic carbocycles. The highest BCUT2D eigenvalue weighted by Gasteiger charge is 2.19. The monoisotopic (exact) mass is 336 g/mol. The zero-order valence-corrected chi connectivity index (χ0v) is 14.1. The van der Waals surface area contributed by atoms with E-state index in [1.807, 2.05) is 0 Å². The van der Waals surface area contributed by atoms with Crippen LogP contribution in [0.3, 0.4) is 0 Å². The average molecular weight is 336 g/mol. The summed E-state index contributed by atoms with van der Waals surface area (Å²) in [4.78, 5) is 26.7. The van der Waals surface area contributed by atoms with Crippen molar-refractivity contribution in [1.29, 1.82) is 0 Å². The lowest BCUT2D eigenvalue weighted by atomic mass is 9.83. The summed E-state index contributed by atoms with van der Waals surface area (Å²) < 4.78 is 5.24. The summed E-state index contributed by atoms with van der Waals surface area (Å²) in [5.74, 6) is 6.86. The molecule has 5 heteroatoms. The fourth-order valence-electron chi connectivity index (χ4n) is 3.24. The molecule has 25 heavy (non-hydrogen) atoms. The zero-order chi connectivity index (χ0) is 17.8. The molecule has 2 N–H and O–H groups in total. The Morgan fingerprint density at radius 2 is 2.04 bits per heavy atom. The second-order valence-corrected chi connectivity index (χ2v) is 6.34. The summed E-state index contributed by atoms with van der Waals surface area (Å²) in [5.41, 5.74) is 6.54. The van der Waals surface area contributed by atoms with Crippen LogP contribution in [0.4, 0.5) is 0 Å². The number of benzene rings is 1. The number of aromatic nitrogens is 1. The molecule has 0 atom stereocenters. The Balaban J connectivity index is 1.95. The van der Waals surface area contributed by atoms with Crippen molar-refractivity contribution in [3.05, 3.63) is 35.7 Å². The molecular weight excluding hydrogens is 316 g/mol. The number of carbonyl (C=O) groups excluding carboxylic acids is 2. The van der Waals surface area contributed by atoms with Crippen LogP contribution < -0.4 is 10.5 Å². The molecule has 0 bridgehead atoms. The Hall–Kier alpha value is -2.87. The average Bonchev–Trinajstić information content (AvgIpc) is 2.65. The number of fused-ring (bicyclic) bond motifs is 1. The van der Waals surface area contributed by atoms with E-state index in [1.165, 1.54) is 7.11 Å². The van der Waals surface area contributed by atoms with Crippen molar-refractivity contribution in [3.63, 3.8) is 0 Å².